The zero-order valence-electron chi connectivity index (χ0n) is 10.8. The predicted octanol–water partition coefficient (Wildman–Crippen LogP) is 2.32. The van der Waals surface area contributed by atoms with Crippen LogP contribution < -0.4 is 0 Å². The van der Waals surface area contributed by atoms with Gasteiger partial charge in [0.05, 0.1) is 18.6 Å². The van der Waals surface area contributed by atoms with Gasteiger partial charge in [0.15, 0.2) is 5.92 Å². The molecule has 0 spiro atoms. The summed E-state index contributed by atoms with van der Waals surface area (Å²) in [4.78, 5) is 23.1. The van der Waals surface area contributed by atoms with Crippen LogP contribution in [0.1, 0.15) is 27.7 Å². The molecule has 0 rings (SSSR count). The summed E-state index contributed by atoms with van der Waals surface area (Å²) in [5.41, 5.74) is -2.55. The van der Waals surface area contributed by atoms with E-state index < -0.39 is 29.4 Å². The largest absolute Gasteiger partial charge is 0.465 e. The third kappa shape index (κ3) is 3.61. The molecular formula is C11H17F3O4. The Labute approximate surface area is 103 Å². The monoisotopic (exact) mass is 270 g/mol. The van der Waals surface area contributed by atoms with E-state index in [2.05, 4.69) is 9.47 Å². The molecule has 0 aliphatic heterocycles. The fraction of sp³-hybridized carbons (Fsp3) is 0.818. The SMILES string of the molecule is CCOC(=O)C(C(=O)OCC)C(C)(C)C(F)(F)F. The summed E-state index contributed by atoms with van der Waals surface area (Å²) in [5, 5.41) is 0. The lowest BCUT2D eigenvalue weighted by Gasteiger charge is -2.32. The lowest BCUT2D eigenvalue weighted by Crippen LogP contribution is -2.48. The third-order valence-corrected chi connectivity index (χ3v) is 2.50. The molecule has 0 aliphatic rings. The highest BCUT2D eigenvalue weighted by Crippen LogP contribution is 2.44. The average Bonchev–Trinajstić information content (AvgIpc) is 2.16. The Morgan fingerprint density at radius 2 is 1.33 bits per heavy atom. The molecule has 0 N–H and O–H groups in total. The van der Waals surface area contributed by atoms with Crippen LogP contribution in [0.4, 0.5) is 13.2 Å². The summed E-state index contributed by atoms with van der Waals surface area (Å²) < 4.78 is 47.6. The van der Waals surface area contributed by atoms with Gasteiger partial charge in [-0.1, -0.05) is 0 Å². The van der Waals surface area contributed by atoms with Crippen LogP contribution in [-0.2, 0) is 19.1 Å². The molecule has 0 radical (unpaired) electrons. The maximum atomic E-state index is 12.9. The first-order valence-electron chi connectivity index (χ1n) is 5.49. The van der Waals surface area contributed by atoms with E-state index in [1.54, 1.807) is 0 Å². The minimum atomic E-state index is -4.73. The molecule has 0 saturated heterocycles. The van der Waals surface area contributed by atoms with Gasteiger partial charge in [-0.3, -0.25) is 9.59 Å². The summed E-state index contributed by atoms with van der Waals surface area (Å²) in [5.74, 6) is -4.46. The molecule has 0 fully saturated rings. The van der Waals surface area contributed by atoms with E-state index in [0.29, 0.717) is 0 Å². The minimum absolute atomic E-state index is 0.108. The quantitative estimate of drug-likeness (QED) is 0.568. The molecule has 18 heavy (non-hydrogen) atoms. The predicted molar refractivity (Wildman–Crippen MR) is 56.6 cm³/mol. The number of carbonyl (C=O) groups is 2. The van der Waals surface area contributed by atoms with Crippen molar-refractivity contribution in [3.8, 4) is 0 Å². The Hall–Kier alpha value is -1.27. The summed E-state index contributed by atoms with van der Waals surface area (Å²) in [6.07, 6.45) is -4.73. The Balaban J connectivity index is 5.34. The topological polar surface area (TPSA) is 52.6 Å². The molecule has 7 heteroatoms. The van der Waals surface area contributed by atoms with Gasteiger partial charge in [-0.05, 0) is 27.7 Å². The number of carbonyl (C=O) groups excluding carboxylic acids is 2. The molecule has 0 aliphatic carbocycles. The van der Waals surface area contributed by atoms with Crippen molar-refractivity contribution in [3.63, 3.8) is 0 Å². The van der Waals surface area contributed by atoms with E-state index in [4.69, 9.17) is 0 Å². The van der Waals surface area contributed by atoms with Crippen LogP contribution in [0.2, 0.25) is 0 Å². The van der Waals surface area contributed by atoms with Crippen molar-refractivity contribution in [1.82, 2.24) is 0 Å². The van der Waals surface area contributed by atoms with Crippen LogP contribution >= 0.6 is 0 Å². The summed E-state index contributed by atoms with van der Waals surface area (Å²) >= 11 is 0. The highest BCUT2D eigenvalue weighted by Gasteiger charge is 2.58. The number of hydrogen-bond donors (Lipinski definition) is 0. The van der Waals surface area contributed by atoms with Crippen molar-refractivity contribution in [3.05, 3.63) is 0 Å². The van der Waals surface area contributed by atoms with Gasteiger partial charge >= 0.3 is 18.1 Å². The normalized spacial score (nSPS) is 12.4. The van der Waals surface area contributed by atoms with Crippen molar-refractivity contribution in [2.75, 3.05) is 13.2 Å². The van der Waals surface area contributed by atoms with Gasteiger partial charge in [-0.25, -0.2) is 0 Å². The van der Waals surface area contributed by atoms with E-state index in [1.807, 2.05) is 0 Å². The van der Waals surface area contributed by atoms with Crippen molar-refractivity contribution >= 4 is 11.9 Å². The number of ether oxygens (including phenoxy) is 2. The molecule has 0 unspecified atom stereocenters. The van der Waals surface area contributed by atoms with Crippen molar-refractivity contribution in [1.29, 1.82) is 0 Å². The fourth-order valence-corrected chi connectivity index (χ4v) is 1.30. The molecule has 0 amide bonds. The smallest absolute Gasteiger partial charge is 0.395 e. The standard InChI is InChI=1S/C11H17F3O4/c1-5-17-8(15)7(9(16)18-6-2)10(3,4)11(12,13)14/h7H,5-6H2,1-4H3. The molecule has 0 heterocycles. The molecule has 0 atom stereocenters. The van der Waals surface area contributed by atoms with Crippen LogP contribution in [0.15, 0.2) is 0 Å². The molecule has 0 aromatic heterocycles. The highest BCUT2D eigenvalue weighted by molar-refractivity contribution is 5.96. The Morgan fingerprint density at radius 3 is 1.56 bits per heavy atom. The fourth-order valence-electron chi connectivity index (χ4n) is 1.30. The number of halogens is 3. The second-order valence-electron chi connectivity index (χ2n) is 4.16. The van der Waals surface area contributed by atoms with Crippen LogP contribution in [0.25, 0.3) is 0 Å². The lowest BCUT2D eigenvalue weighted by molar-refractivity contribution is -0.236. The van der Waals surface area contributed by atoms with Gasteiger partial charge in [-0.2, -0.15) is 13.2 Å². The van der Waals surface area contributed by atoms with Crippen molar-refractivity contribution < 1.29 is 32.2 Å². The van der Waals surface area contributed by atoms with Crippen LogP contribution in [0, 0.1) is 11.3 Å². The van der Waals surface area contributed by atoms with E-state index in [-0.39, 0.29) is 13.2 Å². The first-order valence-corrected chi connectivity index (χ1v) is 5.49. The van der Waals surface area contributed by atoms with Gasteiger partial charge < -0.3 is 9.47 Å². The number of esters is 2. The molecular weight excluding hydrogens is 253 g/mol. The van der Waals surface area contributed by atoms with Gasteiger partial charge in [0.25, 0.3) is 0 Å². The molecule has 0 saturated carbocycles. The van der Waals surface area contributed by atoms with Gasteiger partial charge in [0, 0.05) is 0 Å². The van der Waals surface area contributed by atoms with Crippen molar-refractivity contribution in [2.24, 2.45) is 11.3 Å². The Morgan fingerprint density at radius 1 is 1.00 bits per heavy atom. The van der Waals surface area contributed by atoms with Gasteiger partial charge in [0.2, 0.25) is 0 Å². The molecule has 106 valence electrons. The molecule has 0 aromatic rings. The van der Waals surface area contributed by atoms with E-state index >= 15 is 0 Å². The van der Waals surface area contributed by atoms with Gasteiger partial charge in [0.1, 0.15) is 0 Å². The minimum Gasteiger partial charge on any atom is -0.465 e. The van der Waals surface area contributed by atoms with Crippen LogP contribution in [-0.4, -0.2) is 31.3 Å². The number of rotatable bonds is 5. The molecule has 0 aromatic carbocycles. The first-order chi connectivity index (χ1) is 8.09. The van der Waals surface area contributed by atoms with E-state index in [1.165, 1.54) is 13.8 Å². The first kappa shape index (κ1) is 16.7. The maximum absolute atomic E-state index is 12.9. The average molecular weight is 270 g/mol. The zero-order valence-corrected chi connectivity index (χ0v) is 10.8. The Kier molecular flexibility index (Phi) is 5.63. The summed E-state index contributed by atoms with van der Waals surface area (Å²) in [6.45, 7) is 4.21. The zero-order chi connectivity index (χ0) is 14.6. The van der Waals surface area contributed by atoms with Gasteiger partial charge in [-0.15, -0.1) is 0 Å². The summed E-state index contributed by atoms with van der Waals surface area (Å²) in [7, 11) is 0. The second kappa shape index (κ2) is 6.06. The summed E-state index contributed by atoms with van der Waals surface area (Å²) in [6, 6.07) is 0. The number of alkyl halides is 3. The van der Waals surface area contributed by atoms with Crippen molar-refractivity contribution in [2.45, 2.75) is 33.9 Å². The van der Waals surface area contributed by atoms with Crippen LogP contribution in [0.5, 0.6) is 0 Å². The molecule has 4 nitrogen and oxygen atoms in total. The van der Waals surface area contributed by atoms with E-state index in [9.17, 15) is 22.8 Å². The third-order valence-electron chi connectivity index (χ3n) is 2.50. The highest BCUT2D eigenvalue weighted by atomic mass is 19.4. The number of hydrogen-bond acceptors (Lipinski definition) is 4. The molecule has 0 bridgehead atoms. The lowest BCUT2D eigenvalue weighted by atomic mass is 9.78. The second-order valence-corrected chi connectivity index (χ2v) is 4.16. The van der Waals surface area contributed by atoms with Crippen LogP contribution in [0.3, 0.4) is 0 Å². The van der Waals surface area contributed by atoms with E-state index in [0.717, 1.165) is 13.8 Å². The maximum Gasteiger partial charge on any atom is 0.395 e. The Bertz CT molecular complexity index is 292.